The third kappa shape index (κ3) is 4.36. The Hall–Kier alpha value is -5.09. The fourth-order valence-corrected chi connectivity index (χ4v) is 5.35. The molecule has 0 N–H and O–H groups in total. The summed E-state index contributed by atoms with van der Waals surface area (Å²) in [6.45, 7) is 0. The molecule has 0 unspecified atom stereocenters. The van der Waals surface area contributed by atoms with E-state index in [1.807, 2.05) is 24.5 Å². The predicted molar refractivity (Wildman–Crippen MR) is 156 cm³/mol. The molecule has 0 saturated carbocycles. The topological polar surface area (TPSA) is 30.7 Å². The molecule has 4 aromatic carbocycles. The van der Waals surface area contributed by atoms with Crippen molar-refractivity contribution in [3.8, 4) is 28.1 Å². The maximum Gasteiger partial charge on any atom is 0.145 e. The molecule has 0 aliphatic heterocycles. The Morgan fingerprint density at radius 2 is 1.36 bits per heavy atom. The maximum absolute atomic E-state index is 13.4. The molecule has 7 rings (SSSR count). The average Bonchev–Trinajstić information content (AvgIpc) is 3.32. The molecule has 0 aliphatic rings. The van der Waals surface area contributed by atoms with E-state index in [9.17, 15) is 4.39 Å². The van der Waals surface area contributed by atoms with Gasteiger partial charge in [-0.2, -0.15) is 0 Å². The maximum atomic E-state index is 13.4. The van der Waals surface area contributed by atoms with E-state index < -0.39 is 0 Å². The molecule has 186 valence electrons. The molecule has 39 heavy (non-hydrogen) atoms. The fraction of sp³-hybridized carbons (Fsp3) is 0.0286. The third-order valence-electron chi connectivity index (χ3n) is 7.17. The molecule has 0 radical (unpaired) electrons. The summed E-state index contributed by atoms with van der Waals surface area (Å²) in [4.78, 5) is 9.35. The summed E-state index contributed by atoms with van der Waals surface area (Å²) in [6, 6.07) is 40.4. The number of aromatic nitrogens is 3. The molecule has 0 saturated heterocycles. The molecule has 0 fully saturated rings. The number of pyridine rings is 2. The minimum atomic E-state index is -0.237. The standard InChI is InChI=1S/C35H24FN3/c36-29-15-13-26(14-16-29)27-17-19-37-33(23-27)28-8-3-6-24(21-28)20-25-7-4-9-30(22-25)39-34-12-2-1-10-31(34)32-11-5-18-38-35(32)39/h1-19,21-23H,20H2. The van der Waals surface area contributed by atoms with Crippen LogP contribution in [0.3, 0.4) is 0 Å². The molecule has 0 bridgehead atoms. The third-order valence-corrected chi connectivity index (χ3v) is 7.17. The van der Waals surface area contributed by atoms with Gasteiger partial charge in [-0.1, -0.05) is 60.7 Å². The molecule has 0 aliphatic carbocycles. The van der Waals surface area contributed by atoms with Gasteiger partial charge in [0.2, 0.25) is 0 Å². The largest absolute Gasteiger partial charge is 0.294 e. The van der Waals surface area contributed by atoms with E-state index >= 15 is 0 Å². The van der Waals surface area contributed by atoms with E-state index in [0.717, 1.165) is 51.0 Å². The average molecular weight is 506 g/mol. The molecule has 3 aromatic heterocycles. The van der Waals surface area contributed by atoms with Crippen molar-refractivity contribution in [1.29, 1.82) is 0 Å². The smallest absolute Gasteiger partial charge is 0.145 e. The first kappa shape index (κ1) is 23.1. The van der Waals surface area contributed by atoms with E-state index in [0.29, 0.717) is 0 Å². The van der Waals surface area contributed by atoms with Crippen LogP contribution in [0.25, 0.3) is 50.0 Å². The van der Waals surface area contributed by atoms with Crippen molar-refractivity contribution in [2.45, 2.75) is 6.42 Å². The van der Waals surface area contributed by atoms with Crippen molar-refractivity contribution >= 4 is 21.9 Å². The van der Waals surface area contributed by atoms with Gasteiger partial charge in [-0.25, -0.2) is 9.37 Å². The summed E-state index contributed by atoms with van der Waals surface area (Å²) < 4.78 is 15.6. The van der Waals surface area contributed by atoms with E-state index in [1.165, 1.54) is 28.6 Å². The monoisotopic (exact) mass is 505 g/mol. The van der Waals surface area contributed by atoms with Gasteiger partial charge in [0.25, 0.3) is 0 Å². The van der Waals surface area contributed by atoms with E-state index in [2.05, 4.69) is 94.5 Å². The number of hydrogen-bond donors (Lipinski definition) is 0. The summed E-state index contributed by atoms with van der Waals surface area (Å²) in [7, 11) is 0. The highest BCUT2D eigenvalue weighted by molar-refractivity contribution is 6.07. The van der Waals surface area contributed by atoms with Gasteiger partial charge in [0.05, 0.1) is 11.2 Å². The summed E-state index contributed by atoms with van der Waals surface area (Å²) in [5.74, 6) is -0.237. The highest BCUT2D eigenvalue weighted by Crippen LogP contribution is 2.31. The lowest BCUT2D eigenvalue weighted by Gasteiger charge is -2.11. The fourth-order valence-electron chi connectivity index (χ4n) is 5.35. The second-order valence-corrected chi connectivity index (χ2v) is 9.71. The van der Waals surface area contributed by atoms with Gasteiger partial charge in [-0.3, -0.25) is 9.55 Å². The van der Waals surface area contributed by atoms with Crippen LogP contribution in [-0.2, 0) is 6.42 Å². The van der Waals surface area contributed by atoms with Crippen molar-refractivity contribution in [2.75, 3.05) is 0 Å². The summed E-state index contributed by atoms with van der Waals surface area (Å²) in [5.41, 5.74) is 9.57. The second kappa shape index (κ2) is 9.66. The number of halogens is 1. The van der Waals surface area contributed by atoms with Crippen LogP contribution in [0.2, 0.25) is 0 Å². The first-order valence-corrected chi connectivity index (χ1v) is 13.0. The molecule has 0 atom stereocenters. The molecular formula is C35H24FN3. The number of nitrogens with zero attached hydrogens (tertiary/aromatic N) is 3. The lowest BCUT2D eigenvalue weighted by Crippen LogP contribution is -1.97. The van der Waals surface area contributed by atoms with Gasteiger partial charge in [-0.05, 0) is 89.3 Å². The van der Waals surface area contributed by atoms with Gasteiger partial charge in [0.15, 0.2) is 0 Å². The molecule has 7 aromatic rings. The SMILES string of the molecule is Fc1ccc(-c2ccnc(-c3cccc(Cc4cccc(-n5c6ccccc6c6cccnc65)c4)c3)c2)cc1. The Kier molecular flexibility index (Phi) is 5.71. The van der Waals surface area contributed by atoms with Crippen LogP contribution in [0.15, 0.2) is 134 Å². The van der Waals surface area contributed by atoms with Crippen LogP contribution >= 0.6 is 0 Å². The Bertz CT molecular complexity index is 1900. The Morgan fingerprint density at radius 3 is 2.26 bits per heavy atom. The van der Waals surface area contributed by atoms with Gasteiger partial charge in [0, 0.05) is 34.4 Å². The lowest BCUT2D eigenvalue weighted by atomic mass is 9.99. The van der Waals surface area contributed by atoms with Crippen LogP contribution in [0.5, 0.6) is 0 Å². The first-order chi connectivity index (χ1) is 19.2. The van der Waals surface area contributed by atoms with Crippen LogP contribution in [-0.4, -0.2) is 14.5 Å². The Morgan fingerprint density at radius 1 is 0.564 bits per heavy atom. The summed E-state index contributed by atoms with van der Waals surface area (Å²) >= 11 is 0. The molecule has 4 heteroatoms. The van der Waals surface area contributed by atoms with E-state index in [4.69, 9.17) is 4.98 Å². The van der Waals surface area contributed by atoms with Crippen LogP contribution in [0.1, 0.15) is 11.1 Å². The van der Waals surface area contributed by atoms with Crippen molar-refractivity contribution in [2.24, 2.45) is 0 Å². The van der Waals surface area contributed by atoms with Crippen LogP contribution in [0.4, 0.5) is 4.39 Å². The minimum Gasteiger partial charge on any atom is -0.294 e. The van der Waals surface area contributed by atoms with Gasteiger partial charge in [-0.15, -0.1) is 0 Å². The van der Waals surface area contributed by atoms with Gasteiger partial charge >= 0.3 is 0 Å². The number of rotatable bonds is 5. The Labute approximate surface area is 225 Å². The van der Waals surface area contributed by atoms with Crippen molar-refractivity contribution in [1.82, 2.24) is 14.5 Å². The highest BCUT2D eigenvalue weighted by atomic mass is 19.1. The molecular weight excluding hydrogens is 481 g/mol. The zero-order valence-electron chi connectivity index (χ0n) is 21.1. The lowest BCUT2D eigenvalue weighted by molar-refractivity contribution is 0.628. The van der Waals surface area contributed by atoms with Crippen LogP contribution < -0.4 is 0 Å². The second-order valence-electron chi connectivity index (χ2n) is 9.71. The van der Waals surface area contributed by atoms with E-state index in [1.54, 1.807) is 12.1 Å². The number of fused-ring (bicyclic) bond motifs is 3. The summed E-state index contributed by atoms with van der Waals surface area (Å²) in [5, 5.41) is 2.36. The number of benzene rings is 4. The van der Waals surface area contributed by atoms with Crippen LogP contribution in [0, 0.1) is 5.82 Å². The zero-order chi connectivity index (χ0) is 26.2. The highest BCUT2D eigenvalue weighted by Gasteiger charge is 2.13. The van der Waals surface area contributed by atoms with Crippen molar-refractivity contribution < 1.29 is 4.39 Å². The molecule has 3 nitrogen and oxygen atoms in total. The van der Waals surface area contributed by atoms with Crippen molar-refractivity contribution in [3.05, 3.63) is 151 Å². The van der Waals surface area contributed by atoms with Gasteiger partial charge in [0.1, 0.15) is 11.5 Å². The number of hydrogen-bond acceptors (Lipinski definition) is 2. The molecule has 0 spiro atoms. The normalized spacial score (nSPS) is 11.3. The summed E-state index contributed by atoms with van der Waals surface area (Å²) in [6.07, 6.45) is 4.46. The quantitative estimate of drug-likeness (QED) is 0.234. The molecule has 3 heterocycles. The number of para-hydroxylation sites is 1. The minimum absolute atomic E-state index is 0.237. The van der Waals surface area contributed by atoms with E-state index in [-0.39, 0.29) is 5.82 Å². The van der Waals surface area contributed by atoms with Crippen molar-refractivity contribution in [3.63, 3.8) is 0 Å². The molecule has 0 amide bonds. The predicted octanol–water partition coefficient (Wildman–Crippen LogP) is 8.64. The Balaban J connectivity index is 1.22. The zero-order valence-corrected chi connectivity index (χ0v) is 21.1. The first-order valence-electron chi connectivity index (χ1n) is 13.0. The van der Waals surface area contributed by atoms with Gasteiger partial charge < -0.3 is 0 Å².